The molecule has 2 aromatic rings. The summed E-state index contributed by atoms with van der Waals surface area (Å²) in [7, 11) is 0. The van der Waals surface area contributed by atoms with Crippen LogP contribution in [0.25, 0.3) is 0 Å². The highest BCUT2D eigenvalue weighted by Gasteiger charge is 2.29. The second-order valence-corrected chi connectivity index (χ2v) is 6.05. The fraction of sp³-hybridized carbons (Fsp3) is 0.200. The van der Waals surface area contributed by atoms with Crippen LogP contribution in [0.3, 0.4) is 0 Å². The number of furan rings is 1. The molecule has 1 aliphatic heterocycles. The Labute approximate surface area is 131 Å². The summed E-state index contributed by atoms with van der Waals surface area (Å²) in [5.74, 6) is 1.19. The number of hydrogen-bond acceptors (Lipinski definition) is 4. The maximum atomic E-state index is 12.0. The summed E-state index contributed by atoms with van der Waals surface area (Å²) in [5, 5.41) is 1.38. The largest absolute Gasteiger partial charge is 0.467 e. The van der Waals surface area contributed by atoms with Gasteiger partial charge in [-0.2, -0.15) is 0 Å². The summed E-state index contributed by atoms with van der Waals surface area (Å²) in [6.45, 7) is 2.36. The summed E-state index contributed by atoms with van der Waals surface area (Å²) >= 11 is 7.39. The molecule has 0 saturated carbocycles. The molecule has 6 heteroatoms. The lowest BCUT2D eigenvalue weighted by Gasteiger charge is -2.14. The lowest BCUT2D eigenvalue weighted by Crippen LogP contribution is -2.28. The van der Waals surface area contributed by atoms with Crippen molar-refractivity contribution in [3.63, 3.8) is 0 Å². The fourth-order valence-corrected chi connectivity index (χ4v) is 3.16. The van der Waals surface area contributed by atoms with Crippen LogP contribution in [0.5, 0.6) is 0 Å². The van der Waals surface area contributed by atoms with E-state index in [4.69, 9.17) is 16.0 Å². The molecule has 1 saturated heterocycles. The summed E-state index contributed by atoms with van der Waals surface area (Å²) < 4.78 is 5.31. The van der Waals surface area contributed by atoms with Crippen molar-refractivity contribution in [2.75, 3.05) is 5.75 Å². The van der Waals surface area contributed by atoms with Gasteiger partial charge in [-0.25, -0.2) is 4.99 Å². The average molecular weight is 321 g/mol. The third-order valence-corrected chi connectivity index (χ3v) is 4.32. The molecule has 3 rings (SSSR count). The normalized spacial score (nSPS) is 17.0. The van der Waals surface area contributed by atoms with Gasteiger partial charge in [0.2, 0.25) is 5.91 Å². The second kappa shape index (κ2) is 5.95. The second-order valence-electron chi connectivity index (χ2n) is 4.67. The molecule has 1 aromatic carbocycles. The van der Waals surface area contributed by atoms with Crippen LogP contribution in [0.15, 0.2) is 46.0 Å². The molecular formula is C15H13ClN2O2S. The highest BCUT2D eigenvalue weighted by Crippen LogP contribution is 2.28. The van der Waals surface area contributed by atoms with Crippen LogP contribution in [0.1, 0.15) is 11.3 Å². The Morgan fingerprint density at radius 1 is 1.43 bits per heavy atom. The summed E-state index contributed by atoms with van der Waals surface area (Å²) in [5.41, 5.74) is 1.80. The van der Waals surface area contributed by atoms with E-state index in [0.717, 1.165) is 17.0 Å². The molecule has 0 radical (unpaired) electrons. The van der Waals surface area contributed by atoms with Crippen LogP contribution in [-0.4, -0.2) is 21.7 Å². The van der Waals surface area contributed by atoms with Crippen molar-refractivity contribution in [2.24, 2.45) is 4.99 Å². The van der Waals surface area contributed by atoms with E-state index in [9.17, 15) is 4.79 Å². The van der Waals surface area contributed by atoms with Crippen LogP contribution >= 0.6 is 23.4 Å². The molecule has 1 amide bonds. The number of carbonyl (C=O) groups is 1. The van der Waals surface area contributed by atoms with Crippen LogP contribution in [0.4, 0.5) is 5.69 Å². The number of aliphatic imine (C=N–C) groups is 1. The number of aryl methyl sites for hydroxylation is 1. The lowest BCUT2D eigenvalue weighted by atomic mass is 10.2. The van der Waals surface area contributed by atoms with Gasteiger partial charge in [0.1, 0.15) is 5.76 Å². The van der Waals surface area contributed by atoms with Crippen LogP contribution in [-0.2, 0) is 11.3 Å². The predicted octanol–water partition coefficient (Wildman–Crippen LogP) is 4.00. The Morgan fingerprint density at radius 2 is 2.29 bits per heavy atom. The smallest absolute Gasteiger partial charge is 0.239 e. The SMILES string of the molecule is Cc1cc(Cl)ccc1N=C1SCC(=O)N1Cc1ccco1. The fourth-order valence-electron chi connectivity index (χ4n) is 2.04. The van der Waals surface area contributed by atoms with Crippen LogP contribution in [0.2, 0.25) is 5.02 Å². The van der Waals surface area contributed by atoms with Gasteiger partial charge >= 0.3 is 0 Å². The van der Waals surface area contributed by atoms with E-state index in [1.807, 2.05) is 31.2 Å². The number of rotatable bonds is 3. The minimum Gasteiger partial charge on any atom is -0.467 e. The van der Waals surface area contributed by atoms with Crippen molar-refractivity contribution in [1.82, 2.24) is 4.90 Å². The number of hydrogen-bond donors (Lipinski definition) is 0. The molecule has 0 atom stereocenters. The molecule has 0 N–H and O–H groups in total. The average Bonchev–Trinajstić information content (AvgIpc) is 3.07. The third-order valence-electron chi connectivity index (χ3n) is 3.13. The Morgan fingerprint density at radius 3 is 3.00 bits per heavy atom. The van der Waals surface area contributed by atoms with Gasteiger partial charge in [-0.15, -0.1) is 0 Å². The van der Waals surface area contributed by atoms with Gasteiger partial charge in [-0.3, -0.25) is 9.69 Å². The first-order valence-electron chi connectivity index (χ1n) is 6.44. The molecule has 1 aliphatic rings. The van der Waals surface area contributed by atoms with Gasteiger partial charge in [-0.1, -0.05) is 23.4 Å². The number of halogens is 1. The quantitative estimate of drug-likeness (QED) is 0.858. The molecule has 0 bridgehead atoms. The standard InChI is InChI=1S/C15H13ClN2O2S/c1-10-7-11(16)4-5-13(10)17-15-18(14(19)9-21-15)8-12-3-2-6-20-12/h2-7H,8-9H2,1H3. The Hall–Kier alpha value is -1.72. The number of amidine groups is 1. The number of benzene rings is 1. The van der Waals surface area contributed by atoms with Crippen molar-refractivity contribution in [3.05, 3.63) is 52.9 Å². The zero-order valence-electron chi connectivity index (χ0n) is 11.4. The van der Waals surface area contributed by atoms with Gasteiger partial charge < -0.3 is 4.42 Å². The zero-order valence-corrected chi connectivity index (χ0v) is 12.9. The first kappa shape index (κ1) is 14.2. The third kappa shape index (κ3) is 3.14. The van der Waals surface area contributed by atoms with Gasteiger partial charge in [0.15, 0.2) is 5.17 Å². The molecule has 1 fully saturated rings. The van der Waals surface area contributed by atoms with Crippen LogP contribution < -0.4 is 0 Å². The number of nitrogens with zero attached hydrogens (tertiary/aromatic N) is 2. The van der Waals surface area contributed by atoms with Crippen molar-refractivity contribution in [2.45, 2.75) is 13.5 Å². The highest BCUT2D eigenvalue weighted by atomic mass is 35.5. The molecule has 4 nitrogen and oxygen atoms in total. The Bertz CT molecular complexity index is 698. The monoisotopic (exact) mass is 320 g/mol. The molecule has 0 aliphatic carbocycles. The first-order chi connectivity index (χ1) is 10.1. The number of thioether (sulfide) groups is 1. The maximum absolute atomic E-state index is 12.0. The maximum Gasteiger partial charge on any atom is 0.239 e. The minimum absolute atomic E-state index is 0.0433. The van der Waals surface area contributed by atoms with Crippen LogP contribution in [0, 0.1) is 6.92 Å². The van der Waals surface area contributed by atoms with Gasteiger partial charge in [0.25, 0.3) is 0 Å². The first-order valence-corrected chi connectivity index (χ1v) is 7.80. The van der Waals surface area contributed by atoms with Crippen molar-refractivity contribution in [1.29, 1.82) is 0 Å². The molecule has 0 spiro atoms. The summed E-state index contributed by atoms with van der Waals surface area (Å²) in [6.07, 6.45) is 1.60. The van der Waals surface area contributed by atoms with E-state index in [-0.39, 0.29) is 5.91 Å². The van der Waals surface area contributed by atoms with Gasteiger partial charge in [0.05, 0.1) is 24.2 Å². The van der Waals surface area contributed by atoms with Gasteiger partial charge in [-0.05, 0) is 42.8 Å². The summed E-state index contributed by atoms with van der Waals surface area (Å²) in [6, 6.07) is 9.18. The van der Waals surface area contributed by atoms with E-state index < -0.39 is 0 Å². The van der Waals surface area contributed by atoms with E-state index in [1.165, 1.54) is 11.8 Å². The van der Waals surface area contributed by atoms with Gasteiger partial charge in [0, 0.05) is 5.02 Å². The Kier molecular flexibility index (Phi) is 4.03. The van der Waals surface area contributed by atoms with E-state index in [2.05, 4.69) is 4.99 Å². The molecule has 108 valence electrons. The van der Waals surface area contributed by atoms with Crippen molar-refractivity contribution in [3.8, 4) is 0 Å². The van der Waals surface area contributed by atoms with E-state index >= 15 is 0 Å². The molecule has 2 heterocycles. The zero-order chi connectivity index (χ0) is 14.8. The molecule has 0 unspecified atom stereocenters. The summed E-state index contributed by atoms with van der Waals surface area (Å²) in [4.78, 5) is 18.2. The predicted molar refractivity (Wildman–Crippen MR) is 85.0 cm³/mol. The minimum atomic E-state index is 0.0433. The molecular weight excluding hydrogens is 308 g/mol. The molecule has 1 aromatic heterocycles. The van der Waals surface area contributed by atoms with Crippen molar-refractivity contribution < 1.29 is 9.21 Å². The topological polar surface area (TPSA) is 45.8 Å². The highest BCUT2D eigenvalue weighted by molar-refractivity contribution is 8.15. The molecule has 21 heavy (non-hydrogen) atoms. The Balaban J connectivity index is 1.88. The van der Waals surface area contributed by atoms with Crippen molar-refractivity contribution >= 4 is 40.1 Å². The van der Waals surface area contributed by atoms with E-state index in [0.29, 0.717) is 22.5 Å². The van der Waals surface area contributed by atoms with E-state index in [1.54, 1.807) is 17.2 Å². The number of carbonyl (C=O) groups excluding carboxylic acids is 1. The lowest BCUT2D eigenvalue weighted by molar-refractivity contribution is -0.124. The number of amides is 1.